The summed E-state index contributed by atoms with van der Waals surface area (Å²) in [7, 11) is 2.08. The molecular formula is C18H22N4O3. The third-order valence-corrected chi connectivity index (χ3v) is 4.22. The van der Waals surface area contributed by atoms with Gasteiger partial charge in [-0.1, -0.05) is 6.07 Å². The maximum atomic E-state index is 12.1. The first kappa shape index (κ1) is 17.0. The second-order valence-corrected chi connectivity index (χ2v) is 6.22. The molecule has 2 aromatic rings. The fraction of sp³-hybridized carbons (Fsp3) is 0.333. The number of benzene rings is 1. The van der Waals surface area contributed by atoms with Crippen LogP contribution in [0.15, 0.2) is 47.3 Å². The maximum absolute atomic E-state index is 12.1. The third-order valence-electron chi connectivity index (χ3n) is 4.22. The van der Waals surface area contributed by atoms with Crippen molar-refractivity contribution in [1.29, 1.82) is 0 Å². The second kappa shape index (κ2) is 7.85. The lowest BCUT2D eigenvalue weighted by atomic mass is 10.1. The molecule has 0 saturated carbocycles. The Kier molecular flexibility index (Phi) is 5.35. The highest BCUT2D eigenvalue weighted by Gasteiger charge is 2.18. The first-order chi connectivity index (χ1) is 12.1. The molecule has 1 aliphatic heterocycles. The van der Waals surface area contributed by atoms with E-state index in [1.54, 1.807) is 30.3 Å². The van der Waals surface area contributed by atoms with E-state index in [0.29, 0.717) is 16.9 Å². The maximum Gasteiger partial charge on any atom is 0.319 e. The summed E-state index contributed by atoms with van der Waals surface area (Å²) in [4.78, 5) is 26.4. The van der Waals surface area contributed by atoms with Crippen LogP contribution in [0.5, 0.6) is 0 Å². The van der Waals surface area contributed by atoms with E-state index in [0.717, 1.165) is 25.9 Å². The molecule has 3 rings (SSSR count). The number of hydrogen-bond donors (Lipinski definition) is 3. The first-order valence-electron chi connectivity index (χ1n) is 8.30. The monoisotopic (exact) mass is 342 g/mol. The highest BCUT2D eigenvalue weighted by molar-refractivity contribution is 6.04. The largest absolute Gasteiger partial charge is 0.472 e. The molecule has 0 spiro atoms. The zero-order valence-electron chi connectivity index (χ0n) is 14.1. The average Bonchev–Trinajstić information content (AvgIpc) is 3.12. The molecule has 25 heavy (non-hydrogen) atoms. The summed E-state index contributed by atoms with van der Waals surface area (Å²) in [6.07, 6.45) is 4.72. The van der Waals surface area contributed by atoms with Crippen LogP contribution in [0.2, 0.25) is 0 Å². The van der Waals surface area contributed by atoms with Crippen molar-refractivity contribution in [2.75, 3.05) is 30.8 Å². The van der Waals surface area contributed by atoms with Gasteiger partial charge in [-0.25, -0.2) is 4.79 Å². The van der Waals surface area contributed by atoms with Crippen molar-refractivity contribution in [1.82, 2.24) is 10.2 Å². The predicted octanol–water partition coefficient (Wildman–Crippen LogP) is 2.75. The number of nitrogens with zero attached hydrogens (tertiary/aromatic N) is 1. The third kappa shape index (κ3) is 4.84. The summed E-state index contributed by atoms with van der Waals surface area (Å²) in [6.45, 7) is 1.97. The van der Waals surface area contributed by atoms with Crippen LogP contribution in [-0.2, 0) is 0 Å². The summed E-state index contributed by atoms with van der Waals surface area (Å²) in [6, 6.07) is 8.59. The number of carbonyl (C=O) groups is 2. The standard InChI is InChI=1S/C18H22N4O3/c1-22-8-5-14(6-9-22)20-18(24)21-16-4-2-3-15(11-16)19-17(23)13-7-10-25-12-13/h2-4,7,10-12,14H,5-6,8-9H2,1H3,(H,19,23)(H2,20,21,24). The molecule has 1 aromatic carbocycles. The number of carbonyl (C=O) groups excluding carboxylic acids is 2. The normalized spacial score (nSPS) is 15.6. The van der Waals surface area contributed by atoms with Gasteiger partial charge in [-0.2, -0.15) is 0 Å². The van der Waals surface area contributed by atoms with Crippen LogP contribution in [-0.4, -0.2) is 43.0 Å². The number of urea groups is 1. The Hall–Kier alpha value is -2.80. The molecule has 7 nitrogen and oxygen atoms in total. The summed E-state index contributed by atoms with van der Waals surface area (Å²) >= 11 is 0. The van der Waals surface area contributed by atoms with E-state index in [4.69, 9.17) is 4.42 Å². The van der Waals surface area contributed by atoms with Gasteiger partial charge in [-0.3, -0.25) is 4.79 Å². The van der Waals surface area contributed by atoms with Gasteiger partial charge in [0.25, 0.3) is 5.91 Å². The molecule has 0 bridgehead atoms. The number of anilines is 2. The zero-order valence-corrected chi connectivity index (χ0v) is 14.1. The van der Waals surface area contributed by atoms with E-state index in [1.165, 1.54) is 12.5 Å². The Balaban J connectivity index is 1.54. The van der Waals surface area contributed by atoms with E-state index in [9.17, 15) is 9.59 Å². The zero-order chi connectivity index (χ0) is 17.6. The van der Waals surface area contributed by atoms with Gasteiger partial charge < -0.3 is 25.3 Å². The van der Waals surface area contributed by atoms with Gasteiger partial charge in [0.05, 0.1) is 11.8 Å². The van der Waals surface area contributed by atoms with Crippen molar-refractivity contribution >= 4 is 23.3 Å². The van der Waals surface area contributed by atoms with E-state index in [2.05, 4.69) is 27.9 Å². The lowest BCUT2D eigenvalue weighted by Crippen LogP contribution is -2.44. The molecule has 1 fully saturated rings. The van der Waals surface area contributed by atoms with E-state index >= 15 is 0 Å². The molecule has 0 unspecified atom stereocenters. The molecule has 2 heterocycles. The summed E-state index contributed by atoms with van der Waals surface area (Å²) < 4.78 is 4.90. The van der Waals surface area contributed by atoms with Gasteiger partial charge in [0.2, 0.25) is 0 Å². The van der Waals surface area contributed by atoms with Crippen molar-refractivity contribution in [2.45, 2.75) is 18.9 Å². The number of hydrogen-bond acceptors (Lipinski definition) is 4. The van der Waals surface area contributed by atoms with Crippen molar-refractivity contribution in [3.8, 4) is 0 Å². The number of rotatable bonds is 4. The van der Waals surface area contributed by atoms with Crippen LogP contribution in [0.4, 0.5) is 16.2 Å². The van der Waals surface area contributed by atoms with E-state index in [1.807, 2.05) is 0 Å². The molecule has 7 heteroatoms. The van der Waals surface area contributed by atoms with Crippen LogP contribution in [0, 0.1) is 0 Å². The van der Waals surface area contributed by atoms with E-state index < -0.39 is 0 Å². The average molecular weight is 342 g/mol. The Morgan fingerprint density at radius 3 is 2.52 bits per heavy atom. The number of piperidine rings is 1. The van der Waals surface area contributed by atoms with Gasteiger partial charge in [0, 0.05) is 17.4 Å². The van der Waals surface area contributed by atoms with Gasteiger partial charge in [0.1, 0.15) is 6.26 Å². The fourth-order valence-corrected chi connectivity index (χ4v) is 2.78. The number of furan rings is 1. The number of nitrogens with one attached hydrogen (secondary N) is 3. The summed E-state index contributed by atoms with van der Waals surface area (Å²) in [5, 5.41) is 8.58. The summed E-state index contributed by atoms with van der Waals surface area (Å²) in [5.74, 6) is -0.262. The minimum absolute atomic E-state index is 0.195. The van der Waals surface area contributed by atoms with Crippen LogP contribution < -0.4 is 16.0 Å². The first-order valence-corrected chi connectivity index (χ1v) is 8.30. The topological polar surface area (TPSA) is 86.6 Å². The Labute approximate surface area is 146 Å². The minimum atomic E-state index is -0.262. The molecule has 3 amide bonds. The van der Waals surface area contributed by atoms with Crippen LogP contribution in [0.1, 0.15) is 23.2 Å². The van der Waals surface area contributed by atoms with Crippen LogP contribution in [0.3, 0.4) is 0 Å². The minimum Gasteiger partial charge on any atom is -0.472 e. The molecular weight excluding hydrogens is 320 g/mol. The van der Waals surface area contributed by atoms with Crippen LogP contribution in [0.25, 0.3) is 0 Å². The molecule has 132 valence electrons. The Morgan fingerprint density at radius 1 is 1.12 bits per heavy atom. The van der Waals surface area contributed by atoms with Gasteiger partial charge in [0.15, 0.2) is 0 Å². The quantitative estimate of drug-likeness (QED) is 0.797. The highest BCUT2D eigenvalue weighted by atomic mass is 16.3. The van der Waals surface area contributed by atoms with Crippen molar-refractivity contribution in [3.05, 3.63) is 48.4 Å². The lowest BCUT2D eigenvalue weighted by molar-refractivity contribution is 0.102. The molecule has 1 aliphatic rings. The van der Waals surface area contributed by atoms with E-state index in [-0.39, 0.29) is 18.0 Å². The molecule has 3 N–H and O–H groups in total. The predicted molar refractivity (Wildman–Crippen MR) is 95.8 cm³/mol. The SMILES string of the molecule is CN1CCC(NC(=O)Nc2cccc(NC(=O)c3ccoc3)c2)CC1. The Bertz CT molecular complexity index is 722. The van der Waals surface area contributed by atoms with Crippen molar-refractivity contribution < 1.29 is 14.0 Å². The second-order valence-electron chi connectivity index (χ2n) is 6.22. The van der Waals surface area contributed by atoms with Crippen molar-refractivity contribution in [3.63, 3.8) is 0 Å². The number of likely N-dealkylation sites (tertiary alicyclic amines) is 1. The lowest BCUT2D eigenvalue weighted by Gasteiger charge is -2.29. The summed E-state index contributed by atoms with van der Waals surface area (Å²) in [5.41, 5.74) is 1.66. The van der Waals surface area contributed by atoms with Crippen LogP contribution >= 0.6 is 0 Å². The Morgan fingerprint density at radius 2 is 1.84 bits per heavy atom. The molecule has 1 saturated heterocycles. The van der Waals surface area contributed by atoms with Gasteiger partial charge >= 0.3 is 6.03 Å². The molecule has 0 radical (unpaired) electrons. The van der Waals surface area contributed by atoms with Gasteiger partial charge in [-0.05, 0) is 57.2 Å². The molecule has 0 aliphatic carbocycles. The molecule has 0 atom stereocenters. The smallest absolute Gasteiger partial charge is 0.319 e. The molecule has 1 aromatic heterocycles. The number of amides is 3. The fourth-order valence-electron chi connectivity index (χ4n) is 2.78. The highest BCUT2D eigenvalue weighted by Crippen LogP contribution is 2.16. The van der Waals surface area contributed by atoms with Gasteiger partial charge in [-0.15, -0.1) is 0 Å². The van der Waals surface area contributed by atoms with Crippen molar-refractivity contribution in [2.24, 2.45) is 0 Å².